The van der Waals surface area contributed by atoms with Crippen LogP contribution in [0.5, 0.6) is 5.75 Å². The van der Waals surface area contributed by atoms with Crippen molar-refractivity contribution in [3.63, 3.8) is 0 Å². The number of hydrogen-bond acceptors (Lipinski definition) is 13. The van der Waals surface area contributed by atoms with Gasteiger partial charge in [0.25, 0.3) is 0 Å². The molecule has 396 valence electrons. The van der Waals surface area contributed by atoms with Gasteiger partial charge in [0.2, 0.25) is 17.8 Å². The van der Waals surface area contributed by atoms with Crippen LogP contribution in [0.25, 0.3) is 22.3 Å². The van der Waals surface area contributed by atoms with Gasteiger partial charge in [-0.2, -0.15) is 0 Å². The summed E-state index contributed by atoms with van der Waals surface area (Å²) in [5.74, 6) is 3.04. The number of piperidine rings is 2. The zero-order valence-corrected chi connectivity index (χ0v) is 43.8. The van der Waals surface area contributed by atoms with Gasteiger partial charge in [-0.15, -0.1) is 16.6 Å². The SMILES string of the molecule is C#Cc1ccc([C@@H](NC(=O)[C@@H]2C[C@@H](O)CN2C(=O)[C@H](NC(=O)N2CCC(N3CCC(c4cnc(N5CCc6[nH]c7nnc(-c8ccccc8O)cc7c6[C@H]5C)nc4)CC3)CC2)C2(C)CCOCC2)C(C)(C)OC)cc1. The highest BCUT2D eigenvalue weighted by Crippen LogP contribution is 2.40. The Bertz CT molecular complexity index is 2900. The molecule has 4 fully saturated rings. The molecular formula is C57H71N11O7. The summed E-state index contributed by atoms with van der Waals surface area (Å²) in [4.78, 5) is 65.0. The van der Waals surface area contributed by atoms with Gasteiger partial charge in [0, 0.05) is 111 Å². The number of aromatic nitrogens is 5. The van der Waals surface area contributed by atoms with Gasteiger partial charge in [-0.25, -0.2) is 14.8 Å². The summed E-state index contributed by atoms with van der Waals surface area (Å²) in [6, 6.07) is 14.0. The van der Waals surface area contributed by atoms with Crippen molar-refractivity contribution in [1.29, 1.82) is 0 Å². The maximum Gasteiger partial charge on any atom is 0.318 e. The normalized spacial score (nSPS) is 22.6. The molecule has 5 aromatic rings. The number of nitrogens with one attached hydrogen (secondary N) is 3. The number of phenolic OH excluding ortho intramolecular Hbond substituents is 1. The van der Waals surface area contributed by atoms with E-state index in [4.69, 9.17) is 25.9 Å². The fourth-order valence-electron chi connectivity index (χ4n) is 12.3. The van der Waals surface area contributed by atoms with Gasteiger partial charge in [-0.3, -0.25) is 9.59 Å². The Morgan fingerprint density at radius 3 is 2.35 bits per heavy atom. The minimum atomic E-state index is -0.967. The second-order valence-electron chi connectivity index (χ2n) is 22.1. The minimum Gasteiger partial charge on any atom is -0.507 e. The number of terminal acetylenes is 1. The van der Waals surface area contributed by atoms with Crippen LogP contribution in [0.2, 0.25) is 0 Å². The maximum absolute atomic E-state index is 14.9. The zero-order chi connectivity index (χ0) is 52.6. The molecule has 0 aliphatic carbocycles. The Morgan fingerprint density at radius 1 is 0.960 bits per heavy atom. The number of amides is 4. The smallest absolute Gasteiger partial charge is 0.318 e. The number of β-amino-alcohol motifs (C(OH)–C–C–N with tert-alkyl or cyclic N) is 1. The molecule has 18 heteroatoms. The van der Waals surface area contributed by atoms with E-state index < -0.39 is 41.2 Å². The third kappa shape index (κ3) is 10.5. The van der Waals surface area contributed by atoms with Crippen LogP contribution in [0, 0.1) is 17.8 Å². The van der Waals surface area contributed by atoms with E-state index in [0.717, 1.165) is 85.2 Å². The van der Waals surface area contributed by atoms with E-state index in [1.165, 1.54) is 4.90 Å². The van der Waals surface area contributed by atoms with Crippen LogP contribution >= 0.6 is 0 Å². The second kappa shape index (κ2) is 21.5. The summed E-state index contributed by atoms with van der Waals surface area (Å²) < 4.78 is 11.6. The van der Waals surface area contributed by atoms with E-state index in [9.17, 15) is 24.6 Å². The highest BCUT2D eigenvalue weighted by Gasteiger charge is 2.49. The number of carbonyl (C=O) groups is 3. The lowest BCUT2D eigenvalue weighted by Crippen LogP contribution is -2.62. The van der Waals surface area contributed by atoms with Gasteiger partial charge in [0.15, 0.2) is 5.65 Å². The molecule has 3 aromatic heterocycles. The number of aliphatic hydroxyl groups is 1. The molecule has 2 aromatic carbocycles. The molecule has 18 nitrogen and oxygen atoms in total. The van der Waals surface area contributed by atoms with E-state index in [0.29, 0.717) is 73.9 Å². The van der Waals surface area contributed by atoms with E-state index in [1.807, 2.05) is 80.5 Å². The van der Waals surface area contributed by atoms with E-state index in [-0.39, 0.29) is 36.7 Å². The summed E-state index contributed by atoms with van der Waals surface area (Å²) in [5, 5.41) is 37.7. The molecule has 5 atom stereocenters. The third-order valence-electron chi connectivity index (χ3n) is 17.2. The lowest BCUT2D eigenvalue weighted by Gasteiger charge is -2.44. The number of carbonyl (C=O) groups excluding carboxylic acids is 3. The Labute approximate surface area is 439 Å². The Kier molecular flexibility index (Phi) is 14.9. The summed E-state index contributed by atoms with van der Waals surface area (Å²) in [6.45, 7) is 12.6. The van der Waals surface area contributed by atoms with Crippen LogP contribution in [0.15, 0.2) is 67.0 Å². The summed E-state index contributed by atoms with van der Waals surface area (Å²) in [7, 11) is 1.58. The number of rotatable bonds is 12. The fraction of sp³-hybridized carbons (Fsp3) is 0.526. The zero-order valence-electron chi connectivity index (χ0n) is 43.8. The van der Waals surface area contributed by atoms with Crippen molar-refractivity contribution < 1.29 is 34.1 Å². The number of urea groups is 1. The number of likely N-dealkylation sites (tertiary alicyclic amines) is 3. The van der Waals surface area contributed by atoms with Gasteiger partial charge in [-0.05, 0) is 120 Å². The lowest BCUT2D eigenvalue weighted by molar-refractivity contribution is -0.145. The first-order valence-electron chi connectivity index (χ1n) is 26.7. The molecule has 4 amide bonds. The topological polar surface area (TPSA) is 214 Å². The first-order valence-corrected chi connectivity index (χ1v) is 26.7. The minimum absolute atomic E-state index is 0.00790. The fourth-order valence-corrected chi connectivity index (χ4v) is 12.3. The first kappa shape index (κ1) is 51.8. The van der Waals surface area contributed by atoms with Crippen LogP contribution in [0.3, 0.4) is 0 Å². The summed E-state index contributed by atoms with van der Waals surface area (Å²) >= 11 is 0. The average Bonchev–Trinajstić information content (AvgIpc) is 4.03. The number of benzene rings is 2. The Balaban J connectivity index is 0.743. The molecule has 5 aliphatic heterocycles. The number of ether oxygens (including phenoxy) is 2. The molecule has 4 saturated heterocycles. The second-order valence-corrected chi connectivity index (χ2v) is 22.1. The number of nitrogens with zero attached hydrogens (tertiary/aromatic N) is 8. The molecule has 8 heterocycles. The summed E-state index contributed by atoms with van der Waals surface area (Å²) in [5.41, 5.74) is 5.43. The molecule has 10 rings (SSSR count). The first-order chi connectivity index (χ1) is 36.1. The van der Waals surface area contributed by atoms with Crippen LogP contribution in [-0.2, 0) is 25.5 Å². The number of fused-ring (bicyclic) bond motifs is 3. The maximum atomic E-state index is 14.9. The molecule has 75 heavy (non-hydrogen) atoms. The van der Waals surface area contributed by atoms with Crippen LogP contribution < -0.4 is 15.5 Å². The van der Waals surface area contributed by atoms with Crippen molar-refractivity contribution in [3.8, 4) is 29.4 Å². The highest BCUT2D eigenvalue weighted by atomic mass is 16.5. The van der Waals surface area contributed by atoms with Crippen molar-refractivity contribution in [3.05, 3.63) is 94.9 Å². The van der Waals surface area contributed by atoms with Crippen LogP contribution in [0.1, 0.15) is 119 Å². The molecule has 0 saturated carbocycles. The van der Waals surface area contributed by atoms with Gasteiger partial charge >= 0.3 is 6.03 Å². The number of aliphatic hydroxyl groups excluding tert-OH is 1. The Hall–Kier alpha value is -6.65. The van der Waals surface area contributed by atoms with Gasteiger partial charge in [0.1, 0.15) is 17.8 Å². The molecule has 0 bridgehead atoms. The van der Waals surface area contributed by atoms with Crippen LogP contribution in [-0.4, -0.2) is 157 Å². The predicted molar refractivity (Wildman–Crippen MR) is 284 cm³/mol. The molecule has 5 N–H and O–H groups in total. The van der Waals surface area contributed by atoms with E-state index >= 15 is 0 Å². The molecule has 0 unspecified atom stereocenters. The number of methoxy groups -OCH3 is 1. The van der Waals surface area contributed by atoms with E-state index in [2.05, 4.69) is 48.5 Å². The monoisotopic (exact) mass is 1020 g/mol. The van der Waals surface area contributed by atoms with E-state index in [1.54, 1.807) is 19.2 Å². The van der Waals surface area contributed by atoms with Crippen molar-refractivity contribution in [1.82, 2.24) is 50.5 Å². The number of hydrogen-bond donors (Lipinski definition) is 5. The van der Waals surface area contributed by atoms with Crippen molar-refractivity contribution >= 4 is 34.8 Å². The molecule has 0 radical (unpaired) electrons. The average molecular weight is 1020 g/mol. The molecule has 5 aliphatic rings. The van der Waals surface area contributed by atoms with Crippen molar-refractivity contribution in [2.24, 2.45) is 5.41 Å². The van der Waals surface area contributed by atoms with Crippen molar-refractivity contribution in [2.75, 3.05) is 64.5 Å². The van der Waals surface area contributed by atoms with Gasteiger partial charge < -0.3 is 54.9 Å². The number of H-pyrrole nitrogens is 1. The standard InChI is InChI=1S/C57H71N11O7/c1-7-36-12-14-38(15-13-36)49(56(3,4)74-6)61-52(71)46-30-41(69)34-68(46)53(72)50(57(5)21-28-75-29-22-57)62-55(73)66-25-18-40(19-26-66)65-23-16-37(17-24-65)39-32-58-54(59-33-39)67-27-20-44-48(35(67)2)43-31-45(63-64-51(43)60-44)42-10-8-9-11-47(42)70/h1,8-15,31-33,35,37,40-41,46,49-50,69-70H,16-30,34H2,2-6H3,(H,60,64)(H,61,71)(H,62,73)/t35-,41-,46+,49-,50+/m1/s1. The highest BCUT2D eigenvalue weighted by molar-refractivity contribution is 5.93. The number of aromatic amines is 1. The number of aromatic hydroxyl groups is 1. The summed E-state index contributed by atoms with van der Waals surface area (Å²) in [6.07, 6.45) is 14.3. The number of anilines is 1. The Morgan fingerprint density at radius 2 is 1.67 bits per heavy atom. The third-order valence-corrected chi connectivity index (χ3v) is 17.2. The molecular weight excluding hydrogens is 951 g/mol. The number of para-hydroxylation sites is 1. The lowest BCUT2D eigenvalue weighted by atomic mass is 9.75. The number of phenols is 1. The predicted octanol–water partition coefficient (Wildman–Crippen LogP) is 6.01. The largest absolute Gasteiger partial charge is 0.507 e. The van der Waals surface area contributed by atoms with Gasteiger partial charge in [-0.1, -0.05) is 37.1 Å². The molecule has 0 spiro atoms. The van der Waals surface area contributed by atoms with Gasteiger partial charge in [0.05, 0.1) is 29.5 Å². The quantitative estimate of drug-likeness (QED) is 0.0908. The van der Waals surface area contributed by atoms with Crippen molar-refractivity contribution in [2.45, 2.75) is 127 Å². The van der Waals surface area contributed by atoms with Crippen LogP contribution in [0.4, 0.5) is 10.7 Å².